The third kappa shape index (κ3) is 4.89. The Labute approximate surface area is 104 Å². The fourth-order valence-electron chi connectivity index (χ4n) is 2.34. The number of piperidine rings is 1. The molecule has 102 valence electrons. The minimum Gasteiger partial charge on any atom is -0.389 e. The van der Waals surface area contributed by atoms with E-state index in [1.165, 1.54) is 0 Å². The van der Waals surface area contributed by atoms with Gasteiger partial charge in [0.2, 0.25) is 0 Å². The molecule has 0 aliphatic carbocycles. The van der Waals surface area contributed by atoms with Crippen molar-refractivity contribution in [2.45, 2.75) is 38.0 Å². The number of aliphatic hydroxyl groups excluding tert-OH is 1. The predicted molar refractivity (Wildman–Crippen MR) is 66.9 cm³/mol. The van der Waals surface area contributed by atoms with Crippen LogP contribution in [0.15, 0.2) is 0 Å². The average Bonchev–Trinajstić information content (AvgIpc) is 2.36. The van der Waals surface area contributed by atoms with Crippen molar-refractivity contribution in [3.63, 3.8) is 0 Å². The number of aliphatic hydroxyl groups is 1. The quantitative estimate of drug-likeness (QED) is 0.652. The number of nitrogens with zero attached hydrogens (tertiary/aromatic N) is 1. The molecule has 3 atom stereocenters. The van der Waals surface area contributed by atoms with E-state index in [0.717, 1.165) is 19.4 Å². The van der Waals surface area contributed by atoms with Gasteiger partial charge in [0, 0.05) is 39.4 Å². The summed E-state index contributed by atoms with van der Waals surface area (Å²) in [5.41, 5.74) is 5.78. The molecule has 3 N–H and O–H groups in total. The molecule has 0 saturated carbocycles. The molecule has 5 heteroatoms. The number of likely N-dealkylation sites (tertiary alicyclic amines) is 1. The zero-order valence-electron chi connectivity index (χ0n) is 11.0. The van der Waals surface area contributed by atoms with Gasteiger partial charge in [0.25, 0.3) is 0 Å². The van der Waals surface area contributed by atoms with Gasteiger partial charge in [-0.05, 0) is 19.8 Å². The van der Waals surface area contributed by atoms with Crippen molar-refractivity contribution in [3.8, 4) is 0 Å². The first kappa shape index (κ1) is 14.9. The van der Waals surface area contributed by atoms with E-state index in [2.05, 4.69) is 4.90 Å². The lowest BCUT2D eigenvalue weighted by atomic mass is 9.99. The van der Waals surface area contributed by atoms with E-state index in [1.54, 1.807) is 7.11 Å². The molecule has 1 heterocycles. The van der Waals surface area contributed by atoms with Gasteiger partial charge in [0.1, 0.15) is 0 Å². The fourth-order valence-corrected chi connectivity index (χ4v) is 2.34. The number of methoxy groups -OCH3 is 1. The standard InChI is InChI=1S/C12H26N2O3/c1-3-17-9-11(15)8-14-5-4-12(16-2)6-10(14)7-13/h10-12,15H,3-9,13H2,1-2H3. The van der Waals surface area contributed by atoms with Crippen molar-refractivity contribution >= 4 is 0 Å². The maximum Gasteiger partial charge on any atom is 0.0900 e. The number of β-amino-alcohol motifs (C(OH)–C–C–N with tert-alkyl or cyclic N) is 1. The van der Waals surface area contributed by atoms with Crippen molar-refractivity contribution in [3.05, 3.63) is 0 Å². The van der Waals surface area contributed by atoms with Gasteiger partial charge in [-0.15, -0.1) is 0 Å². The summed E-state index contributed by atoms with van der Waals surface area (Å²) in [5.74, 6) is 0. The summed E-state index contributed by atoms with van der Waals surface area (Å²) in [6.45, 7) is 5.16. The Morgan fingerprint density at radius 1 is 1.53 bits per heavy atom. The van der Waals surface area contributed by atoms with Gasteiger partial charge >= 0.3 is 0 Å². The minimum atomic E-state index is -0.428. The summed E-state index contributed by atoms with van der Waals surface area (Å²) in [6, 6.07) is 0.310. The highest BCUT2D eigenvalue weighted by atomic mass is 16.5. The molecular weight excluding hydrogens is 220 g/mol. The summed E-state index contributed by atoms with van der Waals surface area (Å²) in [6.07, 6.45) is 1.84. The molecule has 5 nitrogen and oxygen atoms in total. The molecular formula is C12H26N2O3. The highest BCUT2D eigenvalue weighted by Gasteiger charge is 2.28. The Bertz CT molecular complexity index is 204. The molecule has 1 aliphatic rings. The second kappa shape index (κ2) is 8.00. The van der Waals surface area contributed by atoms with Crippen LogP contribution >= 0.6 is 0 Å². The van der Waals surface area contributed by atoms with E-state index in [9.17, 15) is 5.11 Å². The topological polar surface area (TPSA) is 68.0 Å². The van der Waals surface area contributed by atoms with Crippen molar-refractivity contribution in [1.82, 2.24) is 4.90 Å². The number of hydrogen-bond acceptors (Lipinski definition) is 5. The van der Waals surface area contributed by atoms with Crippen LogP contribution in [0.3, 0.4) is 0 Å². The highest BCUT2D eigenvalue weighted by Crippen LogP contribution is 2.19. The van der Waals surface area contributed by atoms with Gasteiger partial charge in [0.15, 0.2) is 0 Å². The molecule has 1 aliphatic heterocycles. The average molecular weight is 246 g/mol. The third-order valence-electron chi connectivity index (χ3n) is 3.35. The lowest BCUT2D eigenvalue weighted by Crippen LogP contribution is -2.51. The first-order valence-corrected chi connectivity index (χ1v) is 6.43. The molecule has 0 aromatic carbocycles. The van der Waals surface area contributed by atoms with Crippen molar-refractivity contribution < 1.29 is 14.6 Å². The summed E-state index contributed by atoms with van der Waals surface area (Å²) >= 11 is 0. The lowest BCUT2D eigenvalue weighted by molar-refractivity contribution is -0.0233. The normalized spacial score (nSPS) is 28.2. The molecule has 0 spiro atoms. The number of hydrogen-bond donors (Lipinski definition) is 2. The molecule has 17 heavy (non-hydrogen) atoms. The Morgan fingerprint density at radius 3 is 2.88 bits per heavy atom. The van der Waals surface area contributed by atoms with Crippen molar-refractivity contribution in [1.29, 1.82) is 0 Å². The van der Waals surface area contributed by atoms with Crippen LogP contribution in [-0.2, 0) is 9.47 Å². The number of nitrogens with two attached hydrogens (primary N) is 1. The molecule has 0 bridgehead atoms. The van der Waals surface area contributed by atoms with Crippen LogP contribution in [0.5, 0.6) is 0 Å². The van der Waals surface area contributed by atoms with Crippen LogP contribution in [-0.4, -0.2) is 68.2 Å². The largest absolute Gasteiger partial charge is 0.389 e. The first-order valence-electron chi connectivity index (χ1n) is 6.43. The van der Waals surface area contributed by atoms with E-state index in [4.69, 9.17) is 15.2 Å². The summed E-state index contributed by atoms with van der Waals surface area (Å²) in [5, 5.41) is 9.83. The maximum absolute atomic E-state index is 9.83. The molecule has 1 saturated heterocycles. The molecule has 0 amide bonds. The fraction of sp³-hybridized carbons (Fsp3) is 1.00. The van der Waals surface area contributed by atoms with Gasteiger partial charge in [0.05, 0.1) is 18.8 Å². The lowest BCUT2D eigenvalue weighted by Gasteiger charge is -2.39. The monoisotopic (exact) mass is 246 g/mol. The van der Waals surface area contributed by atoms with Crippen LogP contribution in [0.2, 0.25) is 0 Å². The van der Waals surface area contributed by atoms with Crippen LogP contribution in [0, 0.1) is 0 Å². The Morgan fingerprint density at radius 2 is 2.29 bits per heavy atom. The Kier molecular flexibility index (Phi) is 6.99. The van der Waals surface area contributed by atoms with Crippen LogP contribution in [0.1, 0.15) is 19.8 Å². The molecule has 1 rings (SSSR count). The van der Waals surface area contributed by atoms with Crippen molar-refractivity contribution in [2.24, 2.45) is 5.73 Å². The van der Waals surface area contributed by atoms with E-state index >= 15 is 0 Å². The van der Waals surface area contributed by atoms with Gasteiger partial charge < -0.3 is 20.3 Å². The molecule has 0 aromatic rings. The van der Waals surface area contributed by atoms with Gasteiger partial charge in [-0.25, -0.2) is 0 Å². The summed E-state index contributed by atoms with van der Waals surface area (Å²) in [4.78, 5) is 2.25. The van der Waals surface area contributed by atoms with Gasteiger partial charge in [-0.3, -0.25) is 4.90 Å². The van der Waals surface area contributed by atoms with E-state index < -0.39 is 6.10 Å². The van der Waals surface area contributed by atoms with Crippen molar-refractivity contribution in [2.75, 3.05) is 40.0 Å². The summed E-state index contributed by atoms with van der Waals surface area (Å²) in [7, 11) is 1.75. The summed E-state index contributed by atoms with van der Waals surface area (Å²) < 4.78 is 10.6. The van der Waals surface area contributed by atoms with E-state index in [1.807, 2.05) is 6.92 Å². The van der Waals surface area contributed by atoms with Gasteiger partial charge in [-0.2, -0.15) is 0 Å². The predicted octanol–water partition coefficient (Wildman–Crippen LogP) is -0.178. The van der Waals surface area contributed by atoms with Crippen LogP contribution in [0.4, 0.5) is 0 Å². The zero-order chi connectivity index (χ0) is 12.7. The molecule has 0 radical (unpaired) electrons. The van der Waals surface area contributed by atoms with E-state index in [0.29, 0.717) is 38.4 Å². The maximum atomic E-state index is 9.83. The Balaban J connectivity index is 2.36. The van der Waals surface area contributed by atoms with Gasteiger partial charge in [-0.1, -0.05) is 0 Å². The first-order chi connectivity index (χ1) is 8.21. The zero-order valence-corrected chi connectivity index (χ0v) is 11.0. The van der Waals surface area contributed by atoms with E-state index in [-0.39, 0.29) is 0 Å². The second-order valence-corrected chi connectivity index (χ2v) is 4.58. The molecule has 3 unspecified atom stereocenters. The molecule has 0 aromatic heterocycles. The number of rotatable bonds is 7. The highest BCUT2D eigenvalue weighted by molar-refractivity contribution is 4.84. The Hall–Kier alpha value is -0.200. The minimum absolute atomic E-state index is 0.309. The second-order valence-electron chi connectivity index (χ2n) is 4.58. The third-order valence-corrected chi connectivity index (χ3v) is 3.35. The number of ether oxygens (including phenoxy) is 2. The smallest absolute Gasteiger partial charge is 0.0900 e. The SMILES string of the molecule is CCOCC(O)CN1CCC(OC)CC1CN. The van der Waals surface area contributed by atoms with Crippen LogP contribution < -0.4 is 5.73 Å². The van der Waals surface area contributed by atoms with Crippen LogP contribution in [0.25, 0.3) is 0 Å². The molecule has 1 fully saturated rings.